The highest BCUT2D eigenvalue weighted by atomic mass is 32.1. The minimum absolute atomic E-state index is 0.0734. The van der Waals surface area contributed by atoms with Gasteiger partial charge in [0.2, 0.25) is 5.91 Å². The highest BCUT2D eigenvalue weighted by Crippen LogP contribution is 2.20. The van der Waals surface area contributed by atoms with Gasteiger partial charge in [0.1, 0.15) is 5.75 Å². The van der Waals surface area contributed by atoms with Crippen molar-refractivity contribution in [3.63, 3.8) is 0 Å². The first-order valence-corrected chi connectivity index (χ1v) is 9.87. The number of carbonyl (C=O) groups excluding carboxylic acids is 1. The third kappa shape index (κ3) is 5.58. The van der Waals surface area contributed by atoms with Crippen molar-refractivity contribution in [1.82, 2.24) is 10.2 Å². The lowest BCUT2D eigenvalue weighted by molar-refractivity contribution is -0.121. The molecule has 0 atom stereocenters. The number of piperidine rings is 1. The van der Waals surface area contributed by atoms with E-state index in [1.54, 1.807) is 12.1 Å². The molecule has 4 nitrogen and oxygen atoms in total. The lowest BCUT2D eigenvalue weighted by Crippen LogP contribution is -2.38. The van der Waals surface area contributed by atoms with Crippen molar-refractivity contribution in [3.05, 3.63) is 52.2 Å². The van der Waals surface area contributed by atoms with Crippen LogP contribution in [0.2, 0.25) is 0 Å². The number of aryl methyl sites for hydroxylation is 1. The van der Waals surface area contributed by atoms with Gasteiger partial charge in [-0.15, -0.1) is 11.3 Å². The van der Waals surface area contributed by atoms with Gasteiger partial charge in [0.15, 0.2) is 0 Å². The molecule has 1 amide bonds. The number of thiophene rings is 1. The number of phenols is 1. The monoisotopic (exact) mass is 358 g/mol. The van der Waals surface area contributed by atoms with Crippen LogP contribution in [0.5, 0.6) is 5.75 Å². The first-order chi connectivity index (χ1) is 12.2. The Morgan fingerprint density at radius 2 is 2.00 bits per heavy atom. The first-order valence-electron chi connectivity index (χ1n) is 8.99. The van der Waals surface area contributed by atoms with E-state index >= 15 is 0 Å². The second-order valence-electron chi connectivity index (χ2n) is 6.73. The molecule has 0 radical (unpaired) electrons. The van der Waals surface area contributed by atoms with Crippen LogP contribution in [0.1, 0.15) is 29.7 Å². The van der Waals surface area contributed by atoms with Gasteiger partial charge in [0.25, 0.3) is 0 Å². The maximum Gasteiger partial charge on any atom is 0.220 e. The van der Waals surface area contributed by atoms with Crippen molar-refractivity contribution in [2.45, 2.75) is 32.2 Å². The second kappa shape index (κ2) is 9.02. The van der Waals surface area contributed by atoms with Gasteiger partial charge >= 0.3 is 0 Å². The van der Waals surface area contributed by atoms with Gasteiger partial charge in [-0.2, -0.15) is 0 Å². The Labute approximate surface area is 153 Å². The summed E-state index contributed by atoms with van der Waals surface area (Å²) in [6.07, 6.45) is 3.29. The van der Waals surface area contributed by atoms with Crippen molar-refractivity contribution >= 4 is 17.2 Å². The average Bonchev–Trinajstić information content (AvgIpc) is 3.13. The molecule has 1 aliphatic rings. The number of carbonyl (C=O) groups is 1. The molecule has 3 rings (SSSR count). The van der Waals surface area contributed by atoms with E-state index in [1.165, 1.54) is 4.88 Å². The smallest absolute Gasteiger partial charge is 0.220 e. The highest BCUT2D eigenvalue weighted by molar-refractivity contribution is 7.09. The molecule has 0 bridgehead atoms. The Bertz CT molecular complexity index is 664. The highest BCUT2D eigenvalue weighted by Gasteiger charge is 2.20. The number of likely N-dealkylation sites (tertiary alicyclic amines) is 1. The summed E-state index contributed by atoms with van der Waals surface area (Å²) in [6.45, 7) is 4.04. The molecule has 0 spiro atoms. The molecule has 0 aliphatic carbocycles. The van der Waals surface area contributed by atoms with E-state index in [9.17, 15) is 9.90 Å². The van der Waals surface area contributed by atoms with Crippen LogP contribution in [-0.4, -0.2) is 35.5 Å². The van der Waals surface area contributed by atoms with Gasteiger partial charge in [0, 0.05) is 24.4 Å². The summed E-state index contributed by atoms with van der Waals surface area (Å²) < 4.78 is 0. The van der Waals surface area contributed by atoms with Gasteiger partial charge in [-0.1, -0.05) is 24.3 Å². The molecule has 1 aromatic heterocycles. The number of nitrogens with one attached hydrogen (secondary N) is 1. The fourth-order valence-corrected chi connectivity index (χ4v) is 4.03. The summed E-state index contributed by atoms with van der Waals surface area (Å²) in [5.74, 6) is 0.923. The van der Waals surface area contributed by atoms with Crippen LogP contribution in [-0.2, 0) is 17.8 Å². The molecule has 0 saturated carbocycles. The molecule has 1 fully saturated rings. The van der Waals surface area contributed by atoms with Crippen LogP contribution in [0.25, 0.3) is 0 Å². The van der Waals surface area contributed by atoms with E-state index < -0.39 is 0 Å². The van der Waals surface area contributed by atoms with Crippen molar-refractivity contribution in [3.8, 4) is 5.75 Å². The van der Waals surface area contributed by atoms with Crippen LogP contribution in [0.15, 0.2) is 41.8 Å². The van der Waals surface area contributed by atoms with Crippen LogP contribution in [0.3, 0.4) is 0 Å². The van der Waals surface area contributed by atoms with Gasteiger partial charge in [0.05, 0.1) is 0 Å². The Morgan fingerprint density at radius 3 is 2.72 bits per heavy atom. The van der Waals surface area contributed by atoms with Crippen molar-refractivity contribution in [2.75, 3.05) is 19.6 Å². The van der Waals surface area contributed by atoms with Gasteiger partial charge < -0.3 is 10.4 Å². The molecule has 2 heterocycles. The minimum Gasteiger partial charge on any atom is -0.508 e. The Hall–Kier alpha value is -1.85. The molecule has 1 aromatic carbocycles. The number of nitrogens with zero attached hydrogens (tertiary/aromatic N) is 1. The normalized spacial score (nSPS) is 16.0. The summed E-state index contributed by atoms with van der Waals surface area (Å²) in [5, 5.41) is 14.9. The summed E-state index contributed by atoms with van der Waals surface area (Å²) >= 11 is 1.82. The second-order valence-corrected chi connectivity index (χ2v) is 7.76. The van der Waals surface area contributed by atoms with Crippen LogP contribution in [0.4, 0.5) is 0 Å². The Kier molecular flexibility index (Phi) is 6.48. The molecule has 5 heteroatoms. The number of amides is 1. The third-order valence-corrected chi connectivity index (χ3v) is 5.73. The van der Waals surface area contributed by atoms with Gasteiger partial charge in [-0.3, -0.25) is 9.69 Å². The average molecular weight is 359 g/mol. The summed E-state index contributed by atoms with van der Waals surface area (Å²) in [6, 6.07) is 11.5. The van der Waals surface area contributed by atoms with Gasteiger partial charge in [-0.25, -0.2) is 0 Å². The van der Waals surface area contributed by atoms with Crippen LogP contribution >= 0.6 is 11.3 Å². The molecular weight excluding hydrogens is 332 g/mol. The van der Waals surface area contributed by atoms with Crippen molar-refractivity contribution < 1.29 is 9.90 Å². The summed E-state index contributed by atoms with van der Waals surface area (Å²) in [4.78, 5) is 16.0. The number of hydrogen-bond acceptors (Lipinski definition) is 4. The zero-order valence-electron chi connectivity index (χ0n) is 14.5. The molecule has 25 heavy (non-hydrogen) atoms. The van der Waals surface area contributed by atoms with E-state index in [-0.39, 0.29) is 11.7 Å². The molecule has 0 unspecified atom stereocenters. The number of phenolic OH excluding ortho intramolecular Hbond substituents is 1. The Morgan fingerprint density at radius 1 is 1.20 bits per heavy atom. The summed E-state index contributed by atoms with van der Waals surface area (Å²) in [7, 11) is 0. The van der Waals surface area contributed by atoms with Crippen LogP contribution in [0, 0.1) is 5.92 Å². The molecule has 2 aromatic rings. The molecule has 1 saturated heterocycles. The van der Waals surface area contributed by atoms with E-state index in [0.717, 1.165) is 44.6 Å². The largest absolute Gasteiger partial charge is 0.508 e. The minimum atomic E-state index is 0.0734. The lowest BCUT2D eigenvalue weighted by atomic mass is 9.96. The molecular formula is C20H26N2O2S. The van der Waals surface area contributed by atoms with Gasteiger partial charge in [-0.05, 0) is 61.3 Å². The van der Waals surface area contributed by atoms with E-state index in [0.29, 0.717) is 18.8 Å². The number of aromatic hydroxyl groups is 1. The topological polar surface area (TPSA) is 52.6 Å². The summed E-state index contributed by atoms with van der Waals surface area (Å²) in [5.41, 5.74) is 0.833. The van der Waals surface area contributed by atoms with Crippen molar-refractivity contribution in [2.24, 2.45) is 5.92 Å². The Balaban J connectivity index is 1.32. The van der Waals surface area contributed by atoms with E-state index in [4.69, 9.17) is 0 Å². The number of hydrogen-bond donors (Lipinski definition) is 2. The maximum absolute atomic E-state index is 12.0. The molecule has 134 valence electrons. The van der Waals surface area contributed by atoms with Crippen LogP contribution < -0.4 is 5.32 Å². The zero-order chi connectivity index (χ0) is 17.5. The number of para-hydroxylation sites is 1. The third-order valence-electron chi connectivity index (χ3n) is 4.87. The predicted octanol–water partition coefficient (Wildman–Crippen LogP) is 3.41. The number of rotatable bonds is 7. The standard InChI is InChI=1S/C20H26N2O2S/c23-19-6-2-1-4-17(19)7-8-20(24)21-14-16-9-11-22(12-10-16)15-18-5-3-13-25-18/h1-6,13,16,23H,7-12,14-15H2,(H,21,24). The molecule has 1 aliphatic heterocycles. The first kappa shape index (κ1) is 18.0. The quantitative estimate of drug-likeness (QED) is 0.797. The lowest BCUT2D eigenvalue weighted by Gasteiger charge is -2.31. The molecule has 2 N–H and O–H groups in total. The maximum atomic E-state index is 12.0. The van der Waals surface area contributed by atoms with Crippen molar-refractivity contribution in [1.29, 1.82) is 0 Å². The SMILES string of the molecule is O=C(CCc1ccccc1O)NCC1CCN(Cc2cccs2)CC1. The van der Waals surface area contributed by atoms with E-state index in [2.05, 4.69) is 27.7 Å². The fourth-order valence-electron chi connectivity index (χ4n) is 3.29. The number of benzene rings is 1. The van der Waals surface area contributed by atoms with E-state index in [1.807, 2.05) is 23.5 Å². The fraction of sp³-hybridized carbons (Fsp3) is 0.450. The zero-order valence-corrected chi connectivity index (χ0v) is 15.3. The predicted molar refractivity (Wildman–Crippen MR) is 102 cm³/mol.